The van der Waals surface area contributed by atoms with E-state index < -0.39 is 5.41 Å². The number of rotatable bonds is 7. The van der Waals surface area contributed by atoms with Gasteiger partial charge in [0.2, 0.25) is 16.9 Å². The summed E-state index contributed by atoms with van der Waals surface area (Å²) in [6.07, 6.45) is 5.53. The summed E-state index contributed by atoms with van der Waals surface area (Å²) in [6.45, 7) is 4.91. The molecule has 1 N–H and O–H groups in total. The third-order valence-corrected chi connectivity index (χ3v) is 6.40. The Labute approximate surface area is 170 Å². The van der Waals surface area contributed by atoms with E-state index in [0.717, 1.165) is 23.4 Å². The number of hydrogen-bond donors (Lipinski definition) is 1. The van der Waals surface area contributed by atoms with Crippen LogP contribution in [0.2, 0.25) is 0 Å². The van der Waals surface area contributed by atoms with Gasteiger partial charge in [-0.3, -0.25) is 14.9 Å². The first kappa shape index (κ1) is 20.5. The molecule has 2 aromatic rings. The summed E-state index contributed by atoms with van der Waals surface area (Å²) in [6, 6.07) is 9.86. The summed E-state index contributed by atoms with van der Waals surface area (Å²) in [5.74, 6) is 0.000995. The molecule has 0 unspecified atom stereocenters. The van der Waals surface area contributed by atoms with Crippen molar-refractivity contribution in [3.05, 3.63) is 40.9 Å². The zero-order valence-electron chi connectivity index (χ0n) is 16.6. The first-order valence-corrected chi connectivity index (χ1v) is 10.8. The van der Waals surface area contributed by atoms with Crippen molar-refractivity contribution < 1.29 is 9.59 Å². The minimum absolute atomic E-state index is 0.0573. The predicted octanol–water partition coefficient (Wildman–Crippen LogP) is 3.79. The van der Waals surface area contributed by atoms with Gasteiger partial charge in [-0.2, -0.15) is 0 Å². The maximum atomic E-state index is 13.4. The quantitative estimate of drug-likeness (QED) is 0.718. The van der Waals surface area contributed by atoms with Gasteiger partial charge in [0.05, 0.1) is 5.41 Å². The first-order chi connectivity index (χ1) is 13.5. The second-order valence-corrected chi connectivity index (χ2v) is 8.43. The van der Waals surface area contributed by atoms with E-state index in [9.17, 15) is 9.59 Å². The van der Waals surface area contributed by atoms with Crippen molar-refractivity contribution in [3.8, 4) is 0 Å². The summed E-state index contributed by atoms with van der Waals surface area (Å²) < 4.78 is 0. The molecule has 0 aliphatic carbocycles. The number of nitrogens with one attached hydrogen (secondary N) is 1. The number of likely N-dealkylation sites (tertiary alicyclic amines) is 1. The minimum atomic E-state index is -0.652. The topological polar surface area (TPSA) is 75.2 Å². The van der Waals surface area contributed by atoms with E-state index >= 15 is 0 Å². The normalized spacial score (nSPS) is 16.0. The second-order valence-electron chi connectivity index (χ2n) is 7.37. The summed E-state index contributed by atoms with van der Waals surface area (Å²) in [5, 5.41) is 12.9. The van der Waals surface area contributed by atoms with Gasteiger partial charge >= 0.3 is 0 Å². The molecule has 1 saturated heterocycles. The average molecular weight is 401 g/mol. The van der Waals surface area contributed by atoms with Crippen molar-refractivity contribution in [2.75, 3.05) is 18.4 Å². The number of carbonyl (C=O) groups excluding carboxylic acids is 2. The fourth-order valence-electron chi connectivity index (χ4n) is 3.76. The number of benzene rings is 1. The van der Waals surface area contributed by atoms with Gasteiger partial charge in [-0.1, -0.05) is 61.4 Å². The van der Waals surface area contributed by atoms with Gasteiger partial charge in [-0.15, -0.1) is 10.2 Å². The molecule has 1 aromatic heterocycles. The van der Waals surface area contributed by atoms with Gasteiger partial charge in [0, 0.05) is 26.4 Å². The number of amides is 2. The molecule has 1 aliphatic heterocycles. The van der Waals surface area contributed by atoms with E-state index in [2.05, 4.69) is 22.4 Å². The molecular formula is C21H28N4O2S. The van der Waals surface area contributed by atoms with Crippen LogP contribution in [-0.2, 0) is 21.4 Å². The highest BCUT2D eigenvalue weighted by molar-refractivity contribution is 7.15. The van der Waals surface area contributed by atoms with Crippen LogP contribution in [-0.4, -0.2) is 40.0 Å². The maximum Gasteiger partial charge on any atom is 0.236 e. The van der Waals surface area contributed by atoms with Crippen LogP contribution < -0.4 is 5.32 Å². The van der Waals surface area contributed by atoms with Crippen molar-refractivity contribution in [2.45, 2.75) is 57.8 Å². The number of hydrogen-bond acceptors (Lipinski definition) is 5. The van der Waals surface area contributed by atoms with Gasteiger partial charge in [0.1, 0.15) is 5.01 Å². The van der Waals surface area contributed by atoms with Crippen molar-refractivity contribution in [1.29, 1.82) is 0 Å². The predicted molar refractivity (Wildman–Crippen MR) is 111 cm³/mol. The molecule has 1 aromatic carbocycles. The Hall–Kier alpha value is -2.28. The largest absolute Gasteiger partial charge is 0.343 e. The van der Waals surface area contributed by atoms with Gasteiger partial charge in [0.15, 0.2) is 0 Å². The van der Waals surface area contributed by atoms with E-state index in [0.29, 0.717) is 31.1 Å². The molecule has 2 amide bonds. The van der Waals surface area contributed by atoms with E-state index in [1.54, 1.807) is 6.92 Å². The van der Waals surface area contributed by atoms with E-state index in [4.69, 9.17) is 0 Å². The molecule has 0 spiro atoms. The fraction of sp³-hybridized carbons (Fsp3) is 0.524. The van der Waals surface area contributed by atoms with Crippen LogP contribution >= 0.6 is 11.3 Å². The van der Waals surface area contributed by atoms with Crippen LogP contribution in [0, 0.1) is 0 Å². The Balaban J connectivity index is 1.76. The second kappa shape index (κ2) is 9.28. The van der Waals surface area contributed by atoms with E-state index in [1.807, 2.05) is 35.2 Å². The van der Waals surface area contributed by atoms with E-state index in [1.165, 1.54) is 24.2 Å². The molecular weight excluding hydrogens is 372 g/mol. The average Bonchev–Trinajstić information content (AvgIpc) is 3.16. The van der Waals surface area contributed by atoms with Gasteiger partial charge in [0.25, 0.3) is 0 Å². The van der Waals surface area contributed by atoms with Crippen molar-refractivity contribution in [1.82, 2.24) is 15.1 Å². The number of aromatic nitrogens is 2. The highest BCUT2D eigenvalue weighted by atomic mass is 32.1. The lowest BCUT2D eigenvalue weighted by Gasteiger charge is -2.40. The molecule has 1 fully saturated rings. The third kappa shape index (κ3) is 4.58. The maximum absolute atomic E-state index is 13.4. The molecule has 0 saturated carbocycles. The standard InChI is InChI=1S/C21H28N4O2S/c1-3-4-6-11-18-23-24-20(28-18)22-19(27)21(17-9-7-5-8-10-17)12-14-25(15-13-21)16(2)26/h5,7-10H,3-4,6,11-15H2,1-2H3,(H,22,24,27). The Morgan fingerprint density at radius 1 is 1.14 bits per heavy atom. The smallest absolute Gasteiger partial charge is 0.236 e. The Bertz CT molecular complexity index is 798. The fourth-order valence-corrected chi connectivity index (χ4v) is 4.53. The lowest BCUT2D eigenvalue weighted by Crippen LogP contribution is -2.50. The Morgan fingerprint density at radius 2 is 1.86 bits per heavy atom. The van der Waals surface area contributed by atoms with Crippen molar-refractivity contribution >= 4 is 28.3 Å². The molecule has 150 valence electrons. The van der Waals surface area contributed by atoms with E-state index in [-0.39, 0.29) is 11.8 Å². The molecule has 28 heavy (non-hydrogen) atoms. The van der Waals surface area contributed by atoms with Crippen LogP contribution in [0.15, 0.2) is 30.3 Å². The number of piperidine rings is 1. The monoisotopic (exact) mass is 400 g/mol. The van der Waals surface area contributed by atoms with Crippen LogP contribution in [0.25, 0.3) is 0 Å². The zero-order chi connectivity index (χ0) is 20.0. The van der Waals surface area contributed by atoms with Gasteiger partial charge in [-0.25, -0.2) is 0 Å². The molecule has 6 nitrogen and oxygen atoms in total. The number of nitrogens with zero attached hydrogens (tertiary/aromatic N) is 3. The van der Waals surface area contributed by atoms with Crippen LogP contribution in [0.4, 0.5) is 5.13 Å². The number of carbonyl (C=O) groups is 2. The highest BCUT2D eigenvalue weighted by Gasteiger charge is 2.43. The number of unbranched alkanes of at least 4 members (excludes halogenated alkanes) is 2. The summed E-state index contributed by atoms with van der Waals surface area (Å²) >= 11 is 1.46. The Kier molecular flexibility index (Phi) is 6.78. The van der Waals surface area contributed by atoms with Crippen LogP contribution in [0.5, 0.6) is 0 Å². The van der Waals surface area contributed by atoms with Crippen LogP contribution in [0.3, 0.4) is 0 Å². The minimum Gasteiger partial charge on any atom is -0.343 e. The molecule has 7 heteroatoms. The summed E-state index contributed by atoms with van der Waals surface area (Å²) in [5.41, 5.74) is 0.338. The molecule has 3 rings (SSSR count). The van der Waals surface area contributed by atoms with Crippen LogP contribution in [0.1, 0.15) is 56.5 Å². The summed E-state index contributed by atoms with van der Waals surface area (Å²) in [7, 11) is 0. The first-order valence-electron chi connectivity index (χ1n) is 10.00. The molecule has 1 aliphatic rings. The van der Waals surface area contributed by atoms with Gasteiger partial charge in [-0.05, 0) is 24.8 Å². The lowest BCUT2D eigenvalue weighted by atomic mass is 9.72. The van der Waals surface area contributed by atoms with Gasteiger partial charge < -0.3 is 4.90 Å². The van der Waals surface area contributed by atoms with Crippen molar-refractivity contribution in [3.63, 3.8) is 0 Å². The SMILES string of the molecule is CCCCCc1nnc(NC(=O)C2(c3ccccc3)CCN(C(C)=O)CC2)s1. The lowest BCUT2D eigenvalue weighted by molar-refractivity contribution is -0.133. The third-order valence-electron chi connectivity index (χ3n) is 5.50. The number of anilines is 1. The zero-order valence-corrected chi connectivity index (χ0v) is 17.4. The highest BCUT2D eigenvalue weighted by Crippen LogP contribution is 2.37. The Morgan fingerprint density at radius 3 is 2.50 bits per heavy atom. The molecule has 0 radical (unpaired) electrons. The number of aryl methyl sites for hydroxylation is 1. The molecule has 0 atom stereocenters. The van der Waals surface area contributed by atoms with Crippen molar-refractivity contribution in [2.24, 2.45) is 0 Å². The molecule has 2 heterocycles. The molecule has 0 bridgehead atoms. The summed E-state index contributed by atoms with van der Waals surface area (Å²) in [4.78, 5) is 26.9.